The Hall–Kier alpha value is -1.08. The van der Waals surface area contributed by atoms with Crippen LogP contribution in [0.25, 0.3) is 5.57 Å². The lowest BCUT2D eigenvalue weighted by Crippen LogP contribution is -1.98. The van der Waals surface area contributed by atoms with Crippen LogP contribution in [0.1, 0.15) is 25.8 Å². The number of rotatable bonds is 4. The van der Waals surface area contributed by atoms with Gasteiger partial charge in [0.15, 0.2) is 0 Å². The van der Waals surface area contributed by atoms with E-state index in [2.05, 4.69) is 44.2 Å². The van der Waals surface area contributed by atoms with Crippen LogP contribution < -0.4 is 5.73 Å². The first-order valence-corrected chi connectivity index (χ1v) is 5.18. The smallest absolute Gasteiger partial charge is 0.0112 e. The van der Waals surface area contributed by atoms with Gasteiger partial charge < -0.3 is 5.73 Å². The van der Waals surface area contributed by atoms with Gasteiger partial charge in [-0.05, 0) is 23.5 Å². The van der Waals surface area contributed by atoms with E-state index >= 15 is 0 Å². The highest BCUT2D eigenvalue weighted by Gasteiger charge is 2.02. The van der Waals surface area contributed by atoms with Crippen molar-refractivity contribution in [2.75, 3.05) is 6.54 Å². The molecule has 0 aliphatic heterocycles. The monoisotopic (exact) mass is 189 g/mol. The van der Waals surface area contributed by atoms with Crippen molar-refractivity contribution < 1.29 is 0 Å². The van der Waals surface area contributed by atoms with Gasteiger partial charge in [0.05, 0.1) is 0 Å². The zero-order valence-electron chi connectivity index (χ0n) is 9.03. The van der Waals surface area contributed by atoms with E-state index in [0.717, 1.165) is 6.42 Å². The lowest BCUT2D eigenvalue weighted by molar-refractivity contribution is 0.673. The average molecular weight is 189 g/mol. The largest absolute Gasteiger partial charge is 0.327 e. The third-order valence-electron chi connectivity index (χ3n) is 2.14. The molecule has 1 rings (SSSR count). The minimum absolute atomic E-state index is 0.622. The van der Waals surface area contributed by atoms with E-state index in [1.165, 1.54) is 11.1 Å². The van der Waals surface area contributed by atoms with Crippen molar-refractivity contribution in [1.82, 2.24) is 0 Å². The summed E-state index contributed by atoms with van der Waals surface area (Å²) in [5, 5.41) is 0. The van der Waals surface area contributed by atoms with Crippen molar-refractivity contribution >= 4 is 5.57 Å². The summed E-state index contributed by atoms with van der Waals surface area (Å²) in [7, 11) is 0. The molecule has 1 nitrogen and oxygen atoms in total. The van der Waals surface area contributed by atoms with Crippen LogP contribution in [0, 0.1) is 5.92 Å². The van der Waals surface area contributed by atoms with Crippen LogP contribution in [0.2, 0.25) is 0 Å². The van der Waals surface area contributed by atoms with Crippen LogP contribution in [-0.4, -0.2) is 6.54 Å². The van der Waals surface area contributed by atoms with Crippen molar-refractivity contribution in [3.05, 3.63) is 42.0 Å². The Kier molecular flexibility index (Phi) is 4.41. The summed E-state index contributed by atoms with van der Waals surface area (Å²) in [6.45, 7) is 5.08. The highest BCUT2D eigenvalue weighted by molar-refractivity contribution is 5.65. The topological polar surface area (TPSA) is 26.0 Å². The van der Waals surface area contributed by atoms with E-state index in [-0.39, 0.29) is 0 Å². The second-order valence-electron chi connectivity index (χ2n) is 3.93. The van der Waals surface area contributed by atoms with Gasteiger partial charge in [0.2, 0.25) is 0 Å². The molecule has 0 saturated heterocycles. The number of allylic oxidation sites excluding steroid dienone is 1. The molecular weight excluding hydrogens is 170 g/mol. The van der Waals surface area contributed by atoms with Crippen LogP contribution >= 0.6 is 0 Å². The van der Waals surface area contributed by atoms with Gasteiger partial charge >= 0.3 is 0 Å². The molecule has 0 aliphatic rings. The van der Waals surface area contributed by atoms with Gasteiger partial charge in [0.25, 0.3) is 0 Å². The van der Waals surface area contributed by atoms with Crippen molar-refractivity contribution in [1.29, 1.82) is 0 Å². The summed E-state index contributed by atoms with van der Waals surface area (Å²) in [4.78, 5) is 0. The first-order chi connectivity index (χ1) is 6.74. The van der Waals surface area contributed by atoms with Gasteiger partial charge in [-0.1, -0.05) is 50.3 Å². The molecule has 0 amide bonds. The quantitative estimate of drug-likeness (QED) is 0.774. The number of hydrogen-bond donors (Lipinski definition) is 1. The van der Waals surface area contributed by atoms with E-state index < -0.39 is 0 Å². The van der Waals surface area contributed by atoms with Crippen LogP contribution in [0.5, 0.6) is 0 Å². The standard InChI is InChI=1S/C13H19N/c1-11(2)10-13(8-9-14)12-6-4-3-5-7-12/h3-8,11H,9-10,14H2,1-2H3. The Morgan fingerprint density at radius 3 is 2.43 bits per heavy atom. The third-order valence-corrected chi connectivity index (χ3v) is 2.14. The van der Waals surface area contributed by atoms with Crippen LogP contribution in [0.3, 0.4) is 0 Å². The molecule has 1 aromatic carbocycles. The maximum absolute atomic E-state index is 5.57. The molecule has 0 heterocycles. The second-order valence-corrected chi connectivity index (χ2v) is 3.93. The summed E-state index contributed by atoms with van der Waals surface area (Å²) < 4.78 is 0. The Bertz CT molecular complexity index is 285. The molecule has 76 valence electrons. The first kappa shape index (κ1) is 11.0. The molecule has 0 unspecified atom stereocenters. The highest BCUT2D eigenvalue weighted by atomic mass is 14.5. The van der Waals surface area contributed by atoms with Crippen molar-refractivity contribution in [3.8, 4) is 0 Å². The summed E-state index contributed by atoms with van der Waals surface area (Å²) >= 11 is 0. The lowest BCUT2D eigenvalue weighted by atomic mass is 9.96. The Labute approximate surface area is 86.6 Å². The summed E-state index contributed by atoms with van der Waals surface area (Å²) in [5.74, 6) is 0.674. The van der Waals surface area contributed by atoms with E-state index in [0.29, 0.717) is 12.5 Å². The number of hydrogen-bond acceptors (Lipinski definition) is 1. The fourth-order valence-corrected chi connectivity index (χ4v) is 1.55. The Balaban J connectivity index is 2.84. The minimum Gasteiger partial charge on any atom is -0.327 e. The SMILES string of the molecule is CC(C)CC(=CCN)c1ccccc1. The molecule has 0 atom stereocenters. The molecule has 2 N–H and O–H groups in total. The van der Waals surface area contributed by atoms with Gasteiger partial charge in [-0.25, -0.2) is 0 Å². The predicted molar refractivity (Wildman–Crippen MR) is 62.9 cm³/mol. The highest BCUT2D eigenvalue weighted by Crippen LogP contribution is 2.21. The van der Waals surface area contributed by atoms with E-state index in [9.17, 15) is 0 Å². The fourth-order valence-electron chi connectivity index (χ4n) is 1.55. The average Bonchev–Trinajstić information content (AvgIpc) is 2.18. The van der Waals surface area contributed by atoms with Crippen LogP contribution in [-0.2, 0) is 0 Å². The third kappa shape index (κ3) is 3.35. The van der Waals surface area contributed by atoms with Crippen LogP contribution in [0.15, 0.2) is 36.4 Å². The van der Waals surface area contributed by atoms with Gasteiger partial charge in [0.1, 0.15) is 0 Å². The minimum atomic E-state index is 0.622. The summed E-state index contributed by atoms with van der Waals surface area (Å²) in [6.07, 6.45) is 3.22. The normalized spacial score (nSPS) is 12.1. The second kappa shape index (κ2) is 5.61. The molecule has 0 radical (unpaired) electrons. The van der Waals surface area contributed by atoms with Crippen molar-refractivity contribution in [2.24, 2.45) is 11.7 Å². The molecule has 14 heavy (non-hydrogen) atoms. The molecular formula is C13H19N. The molecule has 0 aliphatic carbocycles. The summed E-state index contributed by atoms with van der Waals surface area (Å²) in [6, 6.07) is 10.5. The number of nitrogens with two attached hydrogens (primary N) is 1. The van der Waals surface area contributed by atoms with E-state index in [4.69, 9.17) is 5.73 Å². The Morgan fingerprint density at radius 2 is 1.93 bits per heavy atom. The van der Waals surface area contributed by atoms with E-state index in [1.807, 2.05) is 6.07 Å². The van der Waals surface area contributed by atoms with Crippen molar-refractivity contribution in [2.45, 2.75) is 20.3 Å². The van der Waals surface area contributed by atoms with E-state index in [1.54, 1.807) is 0 Å². The molecule has 0 fully saturated rings. The lowest BCUT2D eigenvalue weighted by Gasteiger charge is -2.10. The molecule has 1 heteroatoms. The van der Waals surface area contributed by atoms with Gasteiger partial charge in [0, 0.05) is 6.54 Å². The molecule has 0 bridgehead atoms. The molecule has 1 aromatic rings. The summed E-state index contributed by atoms with van der Waals surface area (Å²) in [5.41, 5.74) is 8.23. The predicted octanol–water partition coefficient (Wildman–Crippen LogP) is 3.07. The zero-order chi connectivity index (χ0) is 10.4. The Morgan fingerprint density at radius 1 is 1.29 bits per heavy atom. The zero-order valence-corrected chi connectivity index (χ0v) is 9.03. The van der Waals surface area contributed by atoms with Gasteiger partial charge in [-0.15, -0.1) is 0 Å². The molecule has 0 spiro atoms. The van der Waals surface area contributed by atoms with Gasteiger partial charge in [-0.3, -0.25) is 0 Å². The van der Waals surface area contributed by atoms with Crippen LogP contribution in [0.4, 0.5) is 0 Å². The number of benzene rings is 1. The van der Waals surface area contributed by atoms with Crippen molar-refractivity contribution in [3.63, 3.8) is 0 Å². The molecule has 0 saturated carbocycles. The molecule has 0 aromatic heterocycles. The first-order valence-electron chi connectivity index (χ1n) is 5.18. The van der Waals surface area contributed by atoms with Gasteiger partial charge in [-0.2, -0.15) is 0 Å². The fraction of sp³-hybridized carbons (Fsp3) is 0.385. The maximum atomic E-state index is 5.57. The maximum Gasteiger partial charge on any atom is 0.0112 e.